The Balaban J connectivity index is 2.32. The van der Waals surface area contributed by atoms with Gasteiger partial charge >= 0.3 is 5.97 Å². The molecule has 0 aromatic heterocycles. The van der Waals surface area contributed by atoms with E-state index in [0.29, 0.717) is 11.3 Å². The van der Waals surface area contributed by atoms with Crippen molar-refractivity contribution in [2.45, 2.75) is 26.3 Å². The molecule has 0 saturated heterocycles. The van der Waals surface area contributed by atoms with Gasteiger partial charge in [0.25, 0.3) is 0 Å². The zero-order chi connectivity index (χ0) is 14.0. The number of amides is 1. The number of carbonyl (C=O) groups is 2. The number of allylic oxidation sites excluding steroid dienone is 1. The molecule has 4 nitrogen and oxygen atoms in total. The molecule has 1 aromatic carbocycles. The van der Waals surface area contributed by atoms with E-state index in [2.05, 4.69) is 0 Å². The summed E-state index contributed by atoms with van der Waals surface area (Å²) in [6.45, 7) is 3.74. The van der Waals surface area contributed by atoms with Crippen LogP contribution in [0.15, 0.2) is 41.6 Å². The molecule has 19 heavy (non-hydrogen) atoms. The van der Waals surface area contributed by atoms with Crippen molar-refractivity contribution in [1.29, 1.82) is 0 Å². The van der Waals surface area contributed by atoms with Crippen LogP contribution < -0.4 is 0 Å². The highest BCUT2D eigenvalue weighted by atomic mass is 16.5. The highest BCUT2D eigenvalue weighted by Gasteiger charge is 2.34. The number of methoxy groups -OCH3 is 1. The van der Waals surface area contributed by atoms with E-state index in [1.807, 2.05) is 37.3 Å². The van der Waals surface area contributed by atoms with Gasteiger partial charge in [-0.25, -0.2) is 4.79 Å². The fourth-order valence-corrected chi connectivity index (χ4v) is 2.43. The average Bonchev–Trinajstić information content (AvgIpc) is 2.73. The molecule has 100 valence electrons. The highest BCUT2D eigenvalue weighted by molar-refractivity contribution is 6.00. The average molecular weight is 259 g/mol. The van der Waals surface area contributed by atoms with Crippen LogP contribution in [0.5, 0.6) is 0 Å². The molecule has 0 N–H and O–H groups in total. The van der Waals surface area contributed by atoms with Crippen molar-refractivity contribution in [2.75, 3.05) is 7.11 Å². The summed E-state index contributed by atoms with van der Waals surface area (Å²) in [5.41, 5.74) is 2.19. The van der Waals surface area contributed by atoms with Gasteiger partial charge in [0.2, 0.25) is 5.91 Å². The Labute approximate surface area is 112 Å². The van der Waals surface area contributed by atoms with Crippen molar-refractivity contribution in [2.24, 2.45) is 0 Å². The first kappa shape index (κ1) is 13.3. The van der Waals surface area contributed by atoms with Crippen molar-refractivity contribution in [3.63, 3.8) is 0 Å². The molecule has 1 aliphatic heterocycles. The predicted octanol–water partition coefficient (Wildman–Crippen LogP) is 2.43. The minimum atomic E-state index is -0.423. The number of ether oxygens (including phenoxy) is 1. The number of hydrogen-bond acceptors (Lipinski definition) is 3. The van der Waals surface area contributed by atoms with Crippen molar-refractivity contribution in [3.8, 4) is 0 Å². The SMILES string of the molecule is COC(=O)C1=C(C)N([C@H](C)c2ccccc2)C(=O)C1. The van der Waals surface area contributed by atoms with Crippen molar-refractivity contribution < 1.29 is 14.3 Å². The number of hydrogen-bond donors (Lipinski definition) is 0. The highest BCUT2D eigenvalue weighted by Crippen LogP contribution is 2.33. The Morgan fingerprint density at radius 2 is 1.95 bits per heavy atom. The van der Waals surface area contributed by atoms with E-state index in [1.54, 1.807) is 11.8 Å². The van der Waals surface area contributed by atoms with Crippen LogP contribution in [0.3, 0.4) is 0 Å². The number of nitrogens with zero attached hydrogens (tertiary/aromatic N) is 1. The normalized spacial score (nSPS) is 16.8. The van der Waals surface area contributed by atoms with Crippen LogP contribution in [-0.2, 0) is 14.3 Å². The van der Waals surface area contributed by atoms with Crippen LogP contribution >= 0.6 is 0 Å². The molecule has 1 aliphatic rings. The third-order valence-corrected chi connectivity index (χ3v) is 3.50. The zero-order valence-corrected chi connectivity index (χ0v) is 11.3. The van der Waals surface area contributed by atoms with E-state index >= 15 is 0 Å². The summed E-state index contributed by atoms with van der Waals surface area (Å²) in [6.07, 6.45) is 0.121. The van der Waals surface area contributed by atoms with E-state index < -0.39 is 5.97 Å². The fraction of sp³-hybridized carbons (Fsp3) is 0.333. The van der Waals surface area contributed by atoms with Gasteiger partial charge in [-0.05, 0) is 19.4 Å². The Morgan fingerprint density at radius 1 is 1.32 bits per heavy atom. The van der Waals surface area contributed by atoms with Gasteiger partial charge in [0.1, 0.15) is 0 Å². The number of carbonyl (C=O) groups excluding carboxylic acids is 2. The molecule has 0 saturated carbocycles. The summed E-state index contributed by atoms with van der Waals surface area (Å²) in [7, 11) is 1.33. The van der Waals surface area contributed by atoms with Crippen LogP contribution in [-0.4, -0.2) is 23.9 Å². The molecule has 0 fully saturated rings. The number of esters is 1. The number of rotatable bonds is 3. The van der Waals surface area contributed by atoms with Gasteiger partial charge in [-0.15, -0.1) is 0 Å². The molecular weight excluding hydrogens is 242 g/mol. The summed E-state index contributed by atoms with van der Waals surface area (Å²) < 4.78 is 4.71. The molecule has 0 bridgehead atoms. The Bertz CT molecular complexity index is 534. The Kier molecular flexibility index (Phi) is 3.69. The van der Waals surface area contributed by atoms with Crippen molar-refractivity contribution >= 4 is 11.9 Å². The lowest BCUT2D eigenvalue weighted by Crippen LogP contribution is -2.27. The molecule has 1 heterocycles. The largest absolute Gasteiger partial charge is 0.466 e. The second kappa shape index (κ2) is 5.26. The lowest BCUT2D eigenvalue weighted by atomic mass is 10.1. The molecule has 2 rings (SSSR count). The molecule has 4 heteroatoms. The predicted molar refractivity (Wildman–Crippen MR) is 71.0 cm³/mol. The molecule has 1 atom stereocenters. The van der Waals surface area contributed by atoms with Gasteiger partial charge in [-0.2, -0.15) is 0 Å². The fourth-order valence-electron chi connectivity index (χ4n) is 2.43. The quantitative estimate of drug-likeness (QED) is 0.783. The number of benzene rings is 1. The van der Waals surface area contributed by atoms with E-state index in [1.165, 1.54) is 7.11 Å². The molecule has 0 spiro atoms. The topological polar surface area (TPSA) is 46.6 Å². The summed E-state index contributed by atoms with van der Waals surface area (Å²) in [5.74, 6) is -0.483. The van der Waals surface area contributed by atoms with Gasteiger partial charge in [-0.1, -0.05) is 30.3 Å². The molecule has 0 aliphatic carbocycles. The molecule has 0 unspecified atom stereocenters. The van der Waals surface area contributed by atoms with E-state index in [9.17, 15) is 9.59 Å². The van der Waals surface area contributed by atoms with Crippen LogP contribution in [0.4, 0.5) is 0 Å². The Hall–Kier alpha value is -2.10. The van der Waals surface area contributed by atoms with Gasteiger partial charge in [0, 0.05) is 5.70 Å². The molecule has 1 aromatic rings. The first-order valence-electron chi connectivity index (χ1n) is 6.21. The zero-order valence-electron chi connectivity index (χ0n) is 11.3. The van der Waals surface area contributed by atoms with E-state index in [0.717, 1.165) is 5.56 Å². The van der Waals surface area contributed by atoms with Crippen LogP contribution in [0.1, 0.15) is 31.9 Å². The second-order valence-electron chi connectivity index (χ2n) is 4.58. The molecule has 0 radical (unpaired) electrons. The smallest absolute Gasteiger partial charge is 0.336 e. The van der Waals surface area contributed by atoms with Crippen molar-refractivity contribution in [3.05, 3.63) is 47.2 Å². The third kappa shape index (κ3) is 2.38. The second-order valence-corrected chi connectivity index (χ2v) is 4.58. The van der Waals surface area contributed by atoms with Gasteiger partial charge < -0.3 is 9.64 Å². The Morgan fingerprint density at radius 3 is 2.53 bits per heavy atom. The summed E-state index contributed by atoms with van der Waals surface area (Å²) in [6, 6.07) is 9.67. The maximum atomic E-state index is 12.1. The maximum Gasteiger partial charge on any atom is 0.336 e. The summed E-state index contributed by atoms with van der Waals surface area (Å²) in [5, 5.41) is 0. The standard InChI is InChI=1S/C15H17NO3/c1-10(12-7-5-4-6-8-12)16-11(2)13(9-14(16)17)15(18)19-3/h4-8,10H,9H2,1-3H3/t10-/m1/s1. The van der Waals surface area contributed by atoms with Gasteiger partial charge in [0.15, 0.2) is 0 Å². The van der Waals surface area contributed by atoms with Crippen molar-refractivity contribution in [1.82, 2.24) is 4.90 Å². The van der Waals surface area contributed by atoms with Gasteiger partial charge in [-0.3, -0.25) is 4.79 Å². The molecular formula is C15H17NO3. The summed E-state index contributed by atoms with van der Waals surface area (Å²) in [4.78, 5) is 25.4. The van der Waals surface area contributed by atoms with Crippen LogP contribution in [0, 0.1) is 0 Å². The minimum absolute atomic E-state index is 0.0609. The first-order chi connectivity index (χ1) is 9.06. The third-order valence-electron chi connectivity index (χ3n) is 3.50. The first-order valence-corrected chi connectivity index (χ1v) is 6.21. The lowest BCUT2D eigenvalue weighted by Gasteiger charge is -2.26. The molecule has 1 amide bonds. The minimum Gasteiger partial charge on any atom is -0.466 e. The van der Waals surface area contributed by atoms with Crippen LogP contribution in [0.2, 0.25) is 0 Å². The van der Waals surface area contributed by atoms with E-state index in [4.69, 9.17) is 4.74 Å². The lowest BCUT2D eigenvalue weighted by molar-refractivity contribution is -0.137. The monoisotopic (exact) mass is 259 g/mol. The maximum absolute atomic E-state index is 12.1. The van der Waals surface area contributed by atoms with E-state index in [-0.39, 0.29) is 18.4 Å². The van der Waals surface area contributed by atoms with Gasteiger partial charge in [0.05, 0.1) is 25.1 Å². The summed E-state index contributed by atoms with van der Waals surface area (Å²) >= 11 is 0. The van der Waals surface area contributed by atoms with Crippen LogP contribution in [0.25, 0.3) is 0 Å².